The highest BCUT2D eigenvalue weighted by molar-refractivity contribution is 5.19. The highest BCUT2D eigenvalue weighted by atomic mass is 16.5. The van der Waals surface area contributed by atoms with Crippen molar-refractivity contribution < 1.29 is 14.6 Å². The van der Waals surface area contributed by atoms with Crippen molar-refractivity contribution in [1.82, 2.24) is 0 Å². The van der Waals surface area contributed by atoms with E-state index >= 15 is 0 Å². The van der Waals surface area contributed by atoms with Crippen LogP contribution in [0.15, 0.2) is 0 Å². The quantitative estimate of drug-likeness (QED) is 0.652. The number of rotatable bonds is 2. The van der Waals surface area contributed by atoms with E-state index in [1.54, 1.807) is 0 Å². The zero-order valence-corrected chi connectivity index (χ0v) is 7.59. The van der Waals surface area contributed by atoms with E-state index < -0.39 is 5.60 Å². The third-order valence-electron chi connectivity index (χ3n) is 3.13. The van der Waals surface area contributed by atoms with Crippen molar-refractivity contribution in [3.63, 3.8) is 0 Å². The maximum atomic E-state index is 9.96. The van der Waals surface area contributed by atoms with E-state index in [9.17, 15) is 5.11 Å². The minimum absolute atomic E-state index is 0.0819. The van der Waals surface area contributed by atoms with Crippen LogP contribution in [0.25, 0.3) is 0 Å². The average Bonchev–Trinajstić information content (AvgIpc) is 1.94. The molecule has 0 unspecified atom stereocenters. The molecular weight excluding hydrogens is 156 g/mol. The van der Waals surface area contributed by atoms with E-state index in [0.29, 0.717) is 13.2 Å². The highest BCUT2D eigenvalue weighted by Crippen LogP contribution is 2.45. The Morgan fingerprint density at radius 2 is 1.67 bits per heavy atom. The Labute approximate surface area is 72.7 Å². The molecular formula is C9H15O3. The van der Waals surface area contributed by atoms with Gasteiger partial charge in [-0.05, 0) is 0 Å². The fraction of sp³-hybridized carbons (Fsp3) is 0.889. The normalized spacial score (nSPS) is 31.0. The topological polar surface area (TPSA) is 38.7 Å². The summed E-state index contributed by atoms with van der Waals surface area (Å²) in [6, 6.07) is 0. The van der Waals surface area contributed by atoms with Gasteiger partial charge in [0.15, 0.2) is 0 Å². The summed E-state index contributed by atoms with van der Waals surface area (Å²) in [6.07, 6.45) is 0. The van der Waals surface area contributed by atoms with Gasteiger partial charge in [0.2, 0.25) is 0 Å². The predicted molar refractivity (Wildman–Crippen MR) is 43.6 cm³/mol. The number of hydrogen-bond acceptors (Lipinski definition) is 3. The highest BCUT2D eigenvalue weighted by Gasteiger charge is 2.53. The van der Waals surface area contributed by atoms with Crippen LogP contribution >= 0.6 is 0 Å². The minimum atomic E-state index is -0.668. The first kappa shape index (κ1) is 8.48. The number of hydrogen-bond donors (Lipinski definition) is 1. The lowest BCUT2D eigenvalue weighted by Gasteiger charge is -2.52. The lowest BCUT2D eigenvalue weighted by molar-refractivity contribution is -0.201. The molecule has 0 bridgehead atoms. The largest absolute Gasteiger partial charge is 0.384 e. The molecule has 1 radical (unpaired) electrons. The van der Waals surface area contributed by atoms with Gasteiger partial charge in [-0.1, -0.05) is 13.8 Å². The molecule has 1 N–H and O–H groups in total. The summed E-state index contributed by atoms with van der Waals surface area (Å²) in [7, 11) is 0. The Morgan fingerprint density at radius 3 is 1.92 bits per heavy atom. The molecule has 12 heavy (non-hydrogen) atoms. The van der Waals surface area contributed by atoms with Crippen LogP contribution in [0.1, 0.15) is 13.8 Å². The molecule has 69 valence electrons. The van der Waals surface area contributed by atoms with Crippen molar-refractivity contribution >= 4 is 0 Å². The molecule has 2 aliphatic heterocycles. The second-order valence-electron chi connectivity index (χ2n) is 4.20. The van der Waals surface area contributed by atoms with Crippen LogP contribution in [0.2, 0.25) is 0 Å². The summed E-state index contributed by atoms with van der Waals surface area (Å²) in [5, 5.41) is 9.96. The molecule has 0 aromatic carbocycles. The monoisotopic (exact) mass is 171 g/mol. The van der Waals surface area contributed by atoms with E-state index in [2.05, 4.69) is 6.92 Å². The van der Waals surface area contributed by atoms with Crippen LogP contribution in [-0.2, 0) is 9.47 Å². The first-order valence-corrected chi connectivity index (χ1v) is 4.29. The molecule has 0 atom stereocenters. The van der Waals surface area contributed by atoms with Crippen LogP contribution in [0.3, 0.4) is 0 Å². The summed E-state index contributed by atoms with van der Waals surface area (Å²) in [4.78, 5) is 0. The molecule has 0 amide bonds. The molecule has 0 saturated carbocycles. The Bertz CT molecular complexity index is 162. The van der Waals surface area contributed by atoms with Crippen molar-refractivity contribution in [2.45, 2.75) is 19.4 Å². The Hall–Kier alpha value is -0.120. The van der Waals surface area contributed by atoms with Crippen LogP contribution in [0.4, 0.5) is 0 Å². The van der Waals surface area contributed by atoms with Gasteiger partial charge >= 0.3 is 0 Å². The molecule has 3 heteroatoms. The van der Waals surface area contributed by atoms with Crippen molar-refractivity contribution in [3.05, 3.63) is 5.92 Å². The van der Waals surface area contributed by atoms with E-state index in [1.807, 2.05) is 6.92 Å². The third kappa shape index (κ3) is 1.00. The van der Waals surface area contributed by atoms with Gasteiger partial charge in [0.05, 0.1) is 26.4 Å². The second-order valence-corrected chi connectivity index (χ2v) is 4.20. The Morgan fingerprint density at radius 1 is 1.17 bits per heavy atom. The van der Waals surface area contributed by atoms with E-state index in [-0.39, 0.29) is 5.41 Å². The van der Waals surface area contributed by atoms with E-state index in [0.717, 1.165) is 19.1 Å². The van der Waals surface area contributed by atoms with Crippen molar-refractivity contribution in [2.75, 3.05) is 26.4 Å². The minimum Gasteiger partial charge on any atom is -0.384 e. The SMILES string of the molecule is C[C](C1(C)COC1)C1(O)COC1. The molecule has 0 aromatic rings. The third-order valence-corrected chi connectivity index (χ3v) is 3.13. The van der Waals surface area contributed by atoms with Gasteiger partial charge in [-0.2, -0.15) is 0 Å². The Balaban J connectivity index is 2.03. The van der Waals surface area contributed by atoms with Crippen molar-refractivity contribution in [1.29, 1.82) is 0 Å². The second kappa shape index (κ2) is 2.44. The molecule has 2 rings (SSSR count). The van der Waals surface area contributed by atoms with Gasteiger partial charge in [-0.15, -0.1) is 0 Å². The summed E-state index contributed by atoms with van der Waals surface area (Å²) < 4.78 is 10.2. The molecule has 2 aliphatic rings. The van der Waals surface area contributed by atoms with Crippen LogP contribution in [0.5, 0.6) is 0 Å². The van der Waals surface area contributed by atoms with Gasteiger partial charge in [0, 0.05) is 11.3 Å². The van der Waals surface area contributed by atoms with E-state index in [1.165, 1.54) is 0 Å². The van der Waals surface area contributed by atoms with Crippen LogP contribution < -0.4 is 0 Å². The van der Waals surface area contributed by atoms with Gasteiger partial charge in [0.1, 0.15) is 5.60 Å². The van der Waals surface area contributed by atoms with Crippen LogP contribution in [-0.4, -0.2) is 37.1 Å². The lowest BCUT2D eigenvalue weighted by atomic mass is 9.67. The predicted octanol–water partition coefficient (Wildman–Crippen LogP) is 0.379. The molecule has 0 spiro atoms. The molecule has 0 aromatic heterocycles. The smallest absolute Gasteiger partial charge is 0.118 e. The standard InChI is InChI=1S/C9H15O3/c1-7(8(2)3-11-4-8)9(10)5-12-6-9/h10H,3-6H2,1-2H3. The van der Waals surface area contributed by atoms with Crippen molar-refractivity contribution in [3.8, 4) is 0 Å². The molecule has 0 aliphatic carbocycles. The zero-order valence-electron chi connectivity index (χ0n) is 7.59. The Kier molecular flexibility index (Phi) is 1.72. The summed E-state index contributed by atoms with van der Waals surface area (Å²) in [5.74, 6) is 1.12. The summed E-state index contributed by atoms with van der Waals surface area (Å²) >= 11 is 0. The molecule has 2 heterocycles. The average molecular weight is 171 g/mol. The van der Waals surface area contributed by atoms with Crippen molar-refractivity contribution in [2.24, 2.45) is 5.41 Å². The maximum absolute atomic E-state index is 9.96. The fourth-order valence-corrected chi connectivity index (χ4v) is 1.70. The molecule has 2 saturated heterocycles. The summed E-state index contributed by atoms with van der Waals surface area (Å²) in [6.45, 7) is 6.51. The first-order chi connectivity index (χ1) is 5.57. The van der Waals surface area contributed by atoms with Gasteiger partial charge in [0.25, 0.3) is 0 Å². The fourth-order valence-electron chi connectivity index (χ4n) is 1.70. The molecule has 3 nitrogen and oxygen atoms in total. The zero-order chi connectivity index (χ0) is 8.82. The first-order valence-electron chi connectivity index (χ1n) is 4.29. The maximum Gasteiger partial charge on any atom is 0.118 e. The number of ether oxygens (including phenoxy) is 2. The van der Waals surface area contributed by atoms with Gasteiger partial charge in [-0.25, -0.2) is 0 Å². The number of aliphatic hydroxyl groups is 1. The van der Waals surface area contributed by atoms with Crippen LogP contribution in [0, 0.1) is 11.3 Å². The van der Waals surface area contributed by atoms with E-state index in [4.69, 9.17) is 9.47 Å². The lowest BCUT2D eigenvalue weighted by Crippen LogP contribution is -2.61. The van der Waals surface area contributed by atoms with Gasteiger partial charge < -0.3 is 14.6 Å². The molecule has 2 fully saturated rings. The van der Waals surface area contributed by atoms with Gasteiger partial charge in [-0.3, -0.25) is 0 Å². The summed E-state index contributed by atoms with van der Waals surface area (Å²) in [5.41, 5.74) is -0.586.